The van der Waals surface area contributed by atoms with E-state index in [9.17, 15) is 0 Å². The van der Waals surface area contributed by atoms with Crippen LogP contribution in [0.25, 0.3) is 27.4 Å². The molecule has 0 spiro atoms. The number of hydrogen-bond donors (Lipinski definition) is 0. The largest absolute Gasteiger partial charge is 0.497 e. The van der Waals surface area contributed by atoms with Crippen LogP contribution in [0.5, 0.6) is 11.5 Å². The summed E-state index contributed by atoms with van der Waals surface area (Å²) in [5.74, 6) is 2.98. The minimum atomic E-state index is 0.422. The molecule has 198 valence electrons. The average Bonchev–Trinajstić information content (AvgIpc) is 3.61. The maximum Gasteiger partial charge on any atom is 0.212 e. The van der Waals surface area contributed by atoms with Crippen LogP contribution in [0.4, 0.5) is 0 Å². The number of ether oxygens (including phenoxy) is 2. The van der Waals surface area contributed by atoms with E-state index in [-0.39, 0.29) is 0 Å². The van der Waals surface area contributed by atoms with Crippen LogP contribution in [0.2, 0.25) is 0 Å². The first-order chi connectivity index (χ1) is 18.5. The minimum Gasteiger partial charge on any atom is -0.497 e. The van der Waals surface area contributed by atoms with Gasteiger partial charge in [-0.05, 0) is 88.0 Å². The molecule has 5 aromatic rings. The Hall–Kier alpha value is -3.36. The van der Waals surface area contributed by atoms with E-state index < -0.39 is 0 Å². The number of rotatable bonds is 8. The van der Waals surface area contributed by atoms with Crippen molar-refractivity contribution in [3.8, 4) is 23.0 Å². The van der Waals surface area contributed by atoms with Gasteiger partial charge in [-0.2, -0.15) is 5.10 Å². The highest BCUT2D eigenvalue weighted by molar-refractivity contribution is 7.16. The SMILES string of the molecule is CCCN1CCC(c2ccc(C)c(OCc3cc(OC)cc4oc(-c5cn6nc(C)sc6n5)cc34)c2)CC1. The second kappa shape index (κ2) is 10.4. The molecule has 1 saturated heterocycles. The third-order valence-electron chi connectivity index (χ3n) is 7.52. The number of likely N-dealkylation sites (tertiary alicyclic amines) is 1. The molecule has 1 aliphatic heterocycles. The lowest BCUT2D eigenvalue weighted by molar-refractivity contribution is 0.212. The van der Waals surface area contributed by atoms with Crippen LogP contribution in [-0.2, 0) is 6.61 Å². The number of benzene rings is 2. The van der Waals surface area contributed by atoms with Crippen LogP contribution in [0, 0.1) is 13.8 Å². The lowest BCUT2D eigenvalue weighted by Gasteiger charge is -2.32. The van der Waals surface area contributed by atoms with Crippen molar-refractivity contribution in [1.29, 1.82) is 0 Å². The molecule has 7 nitrogen and oxygen atoms in total. The summed E-state index contributed by atoms with van der Waals surface area (Å²) in [4.78, 5) is 8.14. The Morgan fingerprint density at radius 1 is 1.11 bits per heavy atom. The first-order valence-electron chi connectivity index (χ1n) is 13.4. The number of fused-ring (bicyclic) bond motifs is 2. The van der Waals surface area contributed by atoms with E-state index in [4.69, 9.17) is 18.9 Å². The predicted octanol–water partition coefficient (Wildman–Crippen LogP) is 7.00. The smallest absolute Gasteiger partial charge is 0.212 e. The van der Waals surface area contributed by atoms with Crippen LogP contribution in [0.15, 0.2) is 47.0 Å². The molecule has 0 saturated carbocycles. The van der Waals surface area contributed by atoms with Crippen LogP contribution in [-0.4, -0.2) is 46.2 Å². The van der Waals surface area contributed by atoms with E-state index in [1.807, 2.05) is 31.3 Å². The van der Waals surface area contributed by atoms with Gasteiger partial charge in [0.15, 0.2) is 5.76 Å². The fraction of sp³-hybridized carbons (Fsp3) is 0.400. The third-order valence-corrected chi connectivity index (χ3v) is 8.36. The average molecular weight is 531 g/mol. The summed E-state index contributed by atoms with van der Waals surface area (Å²) in [5, 5.41) is 6.45. The van der Waals surface area contributed by atoms with E-state index in [1.54, 1.807) is 23.0 Å². The molecule has 0 amide bonds. The highest BCUT2D eigenvalue weighted by Crippen LogP contribution is 2.35. The molecular formula is C30H34N4O3S. The van der Waals surface area contributed by atoms with Gasteiger partial charge in [0.05, 0.1) is 13.3 Å². The van der Waals surface area contributed by atoms with Crippen molar-refractivity contribution in [3.63, 3.8) is 0 Å². The van der Waals surface area contributed by atoms with Gasteiger partial charge in [-0.1, -0.05) is 30.4 Å². The summed E-state index contributed by atoms with van der Waals surface area (Å²) in [6.45, 7) is 10.3. The number of piperidine rings is 1. The molecule has 6 rings (SSSR count). The molecule has 0 radical (unpaired) electrons. The maximum absolute atomic E-state index is 6.45. The first-order valence-corrected chi connectivity index (χ1v) is 14.2. The second-order valence-electron chi connectivity index (χ2n) is 10.2. The Labute approximate surface area is 227 Å². The predicted molar refractivity (Wildman–Crippen MR) is 152 cm³/mol. The highest BCUT2D eigenvalue weighted by Gasteiger charge is 2.21. The normalized spacial score (nSPS) is 15.1. The fourth-order valence-electron chi connectivity index (χ4n) is 5.45. The highest BCUT2D eigenvalue weighted by atomic mass is 32.1. The summed E-state index contributed by atoms with van der Waals surface area (Å²) >= 11 is 1.56. The van der Waals surface area contributed by atoms with Crippen LogP contribution >= 0.6 is 11.3 Å². The zero-order chi connectivity index (χ0) is 26.2. The molecule has 2 aromatic carbocycles. The number of nitrogens with zero attached hydrogens (tertiary/aromatic N) is 4. The van der Waals surface area contributed by atoms with Gasteiger partial charge in [0.1, 0.15) is 34.4 Å². The fourth-order valence-corrected chi connectivity index (χ4v) is 6.18. The van der Waals surface area contributed by atoms with Gasteiger partial charge in [0, 0.05) is 17.0 Å². The standard InChI is InChI=1S/C30H34N4O3S/c1-5-10-33-11-8-21(9-12-33)22-7-6-19(2)27(14-22)36-18-23-13-24(35-4)15-28-25(23)16-29(37-28)26-17-34-30(31-26)38-20(3)32-34/h6-7,13-17,21H,5,8-12,18H2,1-4H3. The minimum absolute atomic E-state index is 0.422. The molecule has 0 atom stereocenters. The van der Waals surface area contributed by atoms with E-state index in [0.29, 0.717) is 18.3 Å². The van der Waals surface area contributed by atoms with Crippen molar-refractivity contribution < 1.29 is 13.9 Å². The van der Waals surface area contributed by atoms with Gasteiger partial charge < -0.3 is 18.8 Å². The summed E-state index contributed by atoms with van der Waals surface area (Å²) in [6.07, 6.45) is 5.54. The second-order valence-corrected chi connectivity index (χ2v) is 11.4. The van der Waals surface area contributed by atoms with Gasteiger partial charge in [-0.3, -0.25) is 0 Å². The molecule has 4 heterocycles. The number of hydrogen-bond acceptors (Lipinski definition) is 7. The van der Waals surface area contributed by atoms with Crippen LogP contribution in [0.3, 0.4) is 0 Å². The van der Waals surface area contributed by atoms with Gasteiger partial charge in [-0.25, -0.2) is 9.50 Å². The van der Waals surface area contributed by atoms with Crippen molar-refractivity contribution in [3.05, 3.63) is 64.3 Å². The van der Waals surface area contributed by atoms with E-state index in [1.165, 1.54) is 44.5 Å². The molecule has 3 aromatic heterocycles. The van der Waals surface area contributed by atoms with Crippen molar-refractivity contribution >= 4 is 27.3 Å². The van der Waals surface area contributed by atoms with Crippen molar-refractivity contribution in [2.75, 3.05) is 26.7 Å². The Morgan fingerprint density at radius 3 is 2.71 bits per heavy atom. The van der Waals surface area contributed by atoms with Gasteiger partial charge in [-0.15, -0.1) is 0 Å². The first kappa shape index (κ1) is 24.9. The Morgan fingerprint density at radius 2 is 1.95 bits per heavy atom. The van der Waals surface area contributed by atoms with E-state index >= 15 is 0 Å². The molecule has 1 aliphatic rings. The quantitative estimate of drug-likeness (QED) is 0.215. The number of aromatic nitrogens is 3. The van der Waals surface area contributed by atoms with Crippen LogP contribution in [0.1, 0.15) is 53.8 Å². The molecule has 0 aliphatic carbocycles. The Kier molecular flexibility index (Phi) is 6.84. The lowest BCUT2D eigenvalue weighted by atomic mass is 9.88. The molecule has 0 N–H and O–H groups in total. The Balaban J connectivity index is 1.25. The van der Waals surface area contributed by atoms with Crippen molar-refractivity contribution in [2.24, 2.45) is 0 Å². The zero-order valence-electron chi connectivity index (χ0n) is 22.5. The van der Waals surface area contributed by atoms with E-state index in [2.05, 4.69) is 42.0 Å². The van der Waals surface area contributed by atoms with Crippen molar-refractivity contribution in [2.45, 2.75) is 52.6 Å². The lowest BCUT2D eigenvalue weighted by Crippen LogP contribution is -2.33. The summed E-state index contributed by atoms with van der Waals surface area (Å²) in [7, 11) is 1.67. The summed E-state index contributed by atoms with van der Waals surface area (Å²) in [6, 6.07) is 12.7. The van der Waals surface area contributed by atoms with Gasteiger partial charge in [0.25, 0.3) is 0 Å². The molecule has 1 fully saturated rings. The summed E-state index contributed by atoms with van der Waals surface area (Å²) < 4.78 is 20.1. The number of aryl methyl sites for hydroxylation is 2. The van der Waals surface area contributed by atoms with Gasteiger partial charge in [0.2, 0.25) is 4.96 Å². The molecule has 0 unspecified atom stereocenters. The van der Waals surface area contributed by atoms with E-state index in [0.717, 1.165) is 49.3 Å². The zero-order valence-corrected chi connectivity index (χ0v) is 23.3. The van der Waals surface area contributed by atoms with Crippen molar-refractivity contribution in [1.82, 2.24) is 19.5 Å². The molecule has 0 bridgehead atoms. The molecule has 8 heteroatoms. The Bertz CT molecular complexity index is 1540. The number of methoxy groups -OCH3 is 1. The third kappa shape index (κ3) is 4.90. The topological polar surface area (TPSA) is 65.0 Å². The monoisotopic (exact) mass is 530 g/mol. The summed E-state index contributed by atoms with van der Waals surface area (Å²) in [5.41, 5.74) is 5.06. The molecule has 38 heavy (non-hydrogen) atoms. The molecular weight excluding hydrogens is 496 g/mol. The van der Waals surface area contributed by atoms with Crippen LogP contribution < -0.4 is 9.47 Å². The number of imidazole rings is 1. The van der Waals surface area contributed by atoms with Gasteiger partial charge >= 0.3 is 0 Å². The number of furan rings is 1. The maximum atomic E-state index is 6.45.